The van der Waals surface area contributed by atoms with Crippen LogP contribution in [-0.2, 0) is 19.3 Å². The molecule has 1 aromatic heterocycles. The molecule has 1 saturated carbocycles. The van der Waals surface area contributed by atoms with Crippen LogP contribution in [0, 0.1) is 11.8 Å². The number of carbonyl (C=O) groups is 1. The molecule has 2 fully saturated rings. The van der Waals surface area contributed by atoms with Gasteiger partial charge in [-0.25, -0.2) is 18.7 Å². The number of hydrogen-bond donors (Lipinski definition) is 1. The first kappa shape index (κ1) is 16.6. The second kappa shape index (κ2) is 5.97. The molecule has 27 heavy (non-hydrogen) atoms. The smallest absolute Gasteiger partial charge is 0.270 e. The molecule has 1 saturated heterocycles. The Morgan fingerprint density at radius 3 is 2.59 bits per heavy atom. The van der Waals surface area contributed by atoms with Crippen LogP contribution in [0.4, 0.5) is 14.6 Å². The monoisotopic (exact) mass is 370 g/mol. The van der Waals surface area contributed by atoms with Gasteiger partial charge in [-0.1, -0.05) is 30.3 Å². The highest BCUT2D eigenvalue weighted by atomic mass is 19.3. The number of aromatic nitrogens is 2. The summed E-state index contributed by atoms with van der Waals surface area (Å²) in [6, 6.07) is 10.0. The number of piperidine rings is 1. The Kier molecular flexibility index (Phi) is 3.67. The Hall–Kier alpha value is -2.57. The molecule has 3 heterocycles. The van der Waals surface area contributed by atoms with Crippen LogP contribution in [0.25, 0.3) is 0 Å². The molecular formula is C20H20F2N4O. The average molecular weight is 370 g/mol. The maximum Gasteiger partial charge on any atom is 0.270 e. The maximum absolute atomic E-state index is 13.6. The fourth-order valence-corrected chi connectivity index (χ4v) is 4.27. The van der Waals surface area contributed by atoms with Crippen molar-refractivity contribution in [2.24, 2.45) is 11.8 Å². The summed E-state index contributed by atoms with van der Waals surface area (Å²) in [5, 5.41) is 2.82. The van der Waals surface area contributed by atoms with E-state index >= 15 is 0 Å². The number of carbonyl (C=O) groups excluding carboxylic acids is 1. The maximum atomic E-state index is 13.6. The fraction of sp³-hybridized carbons (Fsp3) is 0.450. The van der Waals surface area contributed by atoms with E-state index in [4.69, 9.17) is 4.98 Å². The summed E-state index contributed by atoms with van der Waals surface area (Å²) in [5.41, 5.74) is 2.38. The van der Waals surface area contributed by atoms with E-state index in [2.05, 4.69) is 10.3 Å². The number of fused-ring (bicyclic) bond motifs is 2. The van der Waals surface area contributed by atoms with Gasteiger partial charge in [0, 0.05) is 31.6 Å². The van der Waals surface area contributed by atoms with Gasteiger partial charge < -0.3 is 10.2 Å². The third kappa shape index (κ3) is 2.76. The molecule has 0 radical (unpaired) electrons. The molecule has 1 aliphatic carbocycles. The minimum atomic E-state index is -2.53. The van der Waals surface area contributed by atoms with Crippen molar-refractivity contribution in [2.45, 2.75) is 25.2 Å². The first-order valence-corrected chi connectivity index (χ1v) is 9.38. The van der Waals surface area contributed by atoms with Gasteiger partial charge >= 0.3 is 0 Å². The third-order valence-electron chi connectivity index (χ3n) is 5.89. The van der Waals surface area contributed by atoms with Crippen molar-refractivity contribution in [1.29, 1.82) is 0 Å². The summed E-state index contributed by atoms with van der Waals surface area (Å²) in [6.07, 6.45) is 2.01. The summed E-state index contributed by atoms with van der Waals surface area (Å²) < 4.78 is 27.2. The molecule has 3 aliphatic rings. The largest absolute Gasteiger partial charge is 0.355 e. The summed E-state index contributed by atoms with van der Waals surface area (Å²) in [4.78, 5) is 23.5. The fourth-order valence-electron chi connectivity index (χ4n) is 4.27. The molecule has 140 valence electrons. The molecule has 2 unspecified atom stereocenters. The van der Waals surface area contributed by atoms with Gasteiger partial charge in [0.1, 0.15) is 17.3 Å². The average Bonchev–Trinajstić information content (AvgIpc) is 3.01. The number of benzene rings is 1. The van der Waals surface area contributed by atoms with Gasteiger partial charge in [0.2, 0.25) is 0 Å². The van der Waals surface area contributed by atoms with Gasteiger partial charge in [0.25, 0.3) is 11.8 Å². The van der Waals surface area contributed by atoms with Gasteiger partial charge in [0.05, 0.1) is 11.8 Å². The number of nitrogens with zero attached hydrogens (tertiary/aromatic N) is 3. The number of halogens is 2. The molecular weight excluding hydrogens is 350 g/mol. The predicted molar refractivity (Wildman–Crippen MR) is 96.1 cm³/mol. The summed E-state index contributed by atoms with van der Waals surface area (Å²) in [6.45, 7) is 1.14. The predicted octanol–water partition coefficient (Wildman–Crippen LogP) is 2.25. The van der Waals surface area contributed by atoms with Crippen molar-refractivity contribution < 1.29 is 13.6 Å². The molecule has 2 aliphatic heterocycles. The lowest BCUT2D eigenvalue weighted by atomic mass is 10.0. The highest BCUT2D eigenvalue weighted by molar-refractivity contribution is 5.96. The van der Waals surface area contributed by atoms with E-state index in [1.54, 1.807) is 0 Å². The number of amides is 1. The number of nitrogens with one attached hydrogen (secondary N) is 1. The molecule has 0 bridgehead atoms. The zero-order valence-corrected chi connectivity index (χ0v) is 14.8. The summed E-state index contributed by atoms with van der Waals surface area (Å²) in [5.74, 6) is -2.60. The lowest BCUT2D eigenvalue weighted by Crippen LogP contribution is -2.37. The van der Waals surface area contributed by atoms with E-state index in [0.717, 1.165) is 12.0 Å². The van der Waals surface area contributed by atoms with Crippen LogP contribution in [-0.4, -0.2) is 41.4 Å². The third-order valence-corrected chi connectivity index (χ3v) is 5.89. The van der Waals surface area contributed by atoms with Crippen molar-refractivity contribution in [3.8, 4) is 0 Å². The number of anilines is 1. The quantitative estimate of drug-likeness (QED) is 0.897. The Bertz CT molecular complexity index is 888. The van der Waals surface area contributed by atoms with Crippen LogP contribution in [0.1, 0.15) is 27.4 Å². The molecule has 1 amide bonds. The Morgan fingerprint density at radius 2 is 1.85 bits per heavy atom. The van der Waals surface area contributed by atoms with Crippen LogP contribution in [0.3, 0.4) is 0 Å². The molecule has 2 atom stereocenters. The van der Waals surface area contributed by atoms with Gasteiger partial charge in [0.15, 0.2) is 0 Å². The topological polar surface area (TPSA) is 58.1 Å². The highest BCUT2D eigenvalue weighted by Crippen LogP contribution is 2.59. The van der Waals surface area contributed by atoms with Crippen LogP contribution in [0.5, 0.6) is 0 Å². The van der Waals surface area contributed by atoms with Crippen LogP contribution in [0.15, 0.2) is 30.3 Å². The van der Waals surface area contributed by atoms with E-state index in [1.165, 1.54) is 5.56 Å². The van der Waals surface area contributed by atoms with Crippen molar-refractivity contribution in [3.63, 3.8) is 0 Å². The van der Waals surface area contributed by atoms with E-state index in [9.17, 15) is 13.6 Å². The highest BCUT2D eigenvalue weighted by Gasteiger charge is 2.71. The minimum Gasteiger partial charge on any atom is -0.355 e. The van der Waals surface area contributed by atoms with Crippen molar-refractivity contribution in [3.05, 3.63) is 53.0 Å². The summed E-state index contributed by atoms with van der Waals surface area (Å²) in [7, 11) is 0. The van der Waals surface area contributed by atoms with Crippen LogP contribution >= 0.6 is 0 Å². The zero-order chi connectivity index (χ0) is 18.6. The van der Waals surface area contributed by atoms with E-state index in [-0.39, 0.29) is 5.91 Å². The van der Waals surface area contributed by atoms with E-state index in [1.807, 2.05) is 35.2 Å². The minimum absolute atomic E-state index is 0.199. The van der Waals surface area contributed by atoms with Crippen LogP contribution < -0.4 is 10.2 Å². The normalized spacial score (nSPS) is 25.0. The van der Waals surface area contributed by atoms with Gasteiger partial charge in [-0.15, -0.1) is 0 Å². The number of aryl methyl sites for hydroxylation is 2. The Morgan fingerprint density at radius 1 is 1.11 bits per heavy atom. The van der Waals surface area contributed by atoms with Gasteiger partial charge in [-0.05, 0) is 18.4 Å². The number of hydrogen-bond acceptors (Lipinski definition) is 4. The molecule has 5 nitrogen and oxygen atoms in total. The molecule has 1 aromatic carbocycles. The Labute approximate surface area is 155 Å². The first-order chi connectivity index (χ1) is 13.0. The van der Waals surface area contributed by atoms with Crippen molar-refractivity contribution >= 4 is 11.7 Å². The van der Waals surface area contributed by atoms with Gasteiger partial charge in [-0.3, -0.25) is 4.79 Å². The molecule has 7 heteroatoms. The second-order valence-electron chi connectivity index (χ2n) is 7.57. The lowest BCUT2D eigenvalue weighted by Gasteiger charge is -2.27. The molecule has 0 spiro atoms. The number of alkyl halides is 2. The van der Waals surface area contributed by atoms with Crippen LogP contribution in [0.2, 0.25) is 0 Å². The Balaban J connectivity index is 1.44. The lowest BCUT2D eigenvalue weighted by molar-refractivity contribution is 0.0795. The van der Waals surface area contributed by atoms with E-state index in [0.29, 0.717) is 49.8 Å². The molecule has 1 N–H and O–H groups in total. The van der Waals surface area contributed by atoms with E-state index < -0.39 is 17.8 Å². The molecule has 2 aromatic rings. The standard InChI is InChI=1S/C20H20F2N4O/c21-20(22)14-10-26(11-15(14)20)18-13-8-9-23-19(27)17(13)24-16(25-18)7-6-12-4-2-1-3-5-12/h1-5,14-15H,6-11H2,(H,23,27). The second-order valence-corrected chi connectivity index (χ2v) is 7.57. The first-order valence-electron chi connectivity index (χ1n) is 9.38. The van der Waals surface area contributed by atoms with Crippen molar-refractivity contribution in [1.82, 2.24) is 15.3 Å². The molecule has 5 rings (SSSR count). The number of rotatable bonds is 4. The van der Waals surface area contributed by atoms with Gasteiger partial charge in [-0.2, -0.15) is 0 Å². The van der Waals surface area contributed by atoms with Crippen molar-refractivity contribution in [2.75, 3.05) is 24.5 Å². The zero-order valence-electron chi connectivity index (χ0n) is 14.8. The SMILES string of the molecule is O=C1NCCc2c1nc(CCc1ccccc1)nc2N1CC2C(C1)C2(F)F. The summed E-state index contributed by atoms with van der Waals surface area (Å²) >= 11 is 0.